The Morgan fingerprint density at radius 3 is 2.46 bits per heavy atom. The van der Waals surface area contributed by atoms with Crippen molar-refractivity contribution >= 4 is 17.5 Å². The Balaban J connectivity index is 1.61. The van der Waals surface area contributed by atoms with Gasteiger partial charge in [0.25, 0.3) is 0 Å². The lowest BCUT2D eigenvalue weighted by molar-refractivity contribution is 0.527. The minimum atomic E-state index is 0.500. The van der Waals surface area contributed by atoms with Gasteiger partial charge in [-0.15, -0.1) is 0 Å². The number of aryl methyl sites for hydroxylation is 2. The first-order valence-electron chi connectivity index (χ1n) is 9.09. The number of nitrogens with two attached hydrogens (primary N) is 1. The van der Waals surface area contributed by atoms with Gasteiger partial charge in [0.05, 0.1) is 0 Å². The maximum Gasteiger partial charge on any atom is 0.229 e. The molecule has 26 heavy (non-hydrogen) atoms. The van der Waals surface area contributed by atoms with E-state index in [1.807, 2.05) is 18.2 Å². The van der Waals surface area contributed by atoms with Gasteiger partial charge in [-0.25, -0.2) is 4.98 Å². The number of aromatic nitrogens is 2. The molecule has 2 aromatic carbocycles. The van der Waals surface area contributed by atoms with Gasteiger partial charge in [0.15, 0.2) is 0 Å². The number of benzene rings is 2. The maximum atomic E-state index is 5.98. The molecule has 3 aromatic rings. The van der Waals surface area contributed by atoms with Crippen LogP contribution in [0.15, 0.2) is 60.7 Å². The Morgan fingerprint density at radius 1 is 1.00 bits per heavy atom. The number of nitrogens with zero attached hydrogens (tertiary/aromatic N) is 2. The molecule has 0 bridgehead atoms. The Bertz CT molecular complexity index is 829. The van der Waals surface area contributed by atoms with Crippen molar-refractivity contribution < 1.29 is 0 Å². The predicted octanol–water partition coefficient (Wildman–Crippen LogP) is 4.92. The van der Waals surface area contributed by atoms with Crippen molar-refractivity contribution in [3.8, 4) is 0 Å². The summed E-state index contributed by atoms with van der Waals surface area (Å²) in [6.07, 6.45) is 3.04. The van der Waals surface area contributed by atoms with Crippen molar-refractivity contribution in [2.75, 3.05) is 11.1 Å². The zero-order valence-electron chi connectivity index (χ0n) is 15.4. The molecule has 0 radical (unpaired) electrons. The standard InChI is InChI=1S/C22H26N4/c1-16-8-11-19(12-9-16)24-22-25-20(15-21(23)26-22)13-10-17(2)14-18-6-4-3-5-7-18/h3-9,11-12,15,17H,10,13-14H2,1-2H3,(H3,23,24,25,26). The van der Waals surface area contributed by atoms with Crippen molar-refractivity contribution in [1.82, 2.24) is 9.97 Å². The molecule has 4 heteroatoms. The van der Waals surface area contributed by atoms with Crippen molar-refractivity contribution in [3.05, 3.63) is 77.5 Å². The Hall–Kier alpha value is -2.88. The number of nitrogens with one attached hydrogen (secondary N) is 1. The lowest BCUT2D eigenvalue weighted by Crippen LogP contribution is -2.06. The second kappa shape index (κ2) is 8.48. The largest absolute Gasteiger partial charge is 0.384 e. The highest BCUT2D eigenvalue weighted by molar-refractivity contribution is 5.55. The fourth-order valence-corrected chi connectivity index (χ4v) is 2.98. The summed E-state index contributed by atoms with van der Waals surface area (Å²) >= 11 is 0. The van der Waals surface area contributed by atoms with Gasteiger partial charge in [-0.3, -0.25) is 0 Å². The van der Waals surface area contributed by atoms with Gasteiger partial charge in [0.2, 0.25) is 5.95 Å². The highest BCUT2D eigenvalue weighted by atomic mass is 15.1. The SMILES string of the molecule is Cc1ccc(Nc2nc(N)cc(CCC(C)Cc3ccccc3)n2)cc1. The fraction of sp³-hybridized carbons (Fsp3) is 0.273. The number of hydrogen-bond acceptors (Lipinski definition) is 4. The average Bonchev–Trinajstić information content (AvgIpc) is 2.62. The fourth-order valence-electron chi connectivity index (χ4n) is 2.98. The van der Waals surface area contributed by atoms with Crippen molar-refractivity contribution in [1.29, 1.82) is 0 Å². The second-order valence-electron chi connectivity index (χ2n) is 6.93. The quantitative estimate of drug-likeness (QED) is 0.637. The minimum Gasteiger partial charge on any atom is -0.384 e. The summed E-state index contributed by atoms with van der Waals surface area (Å²) in [4.78, 5) is 8.93. The minimum absolute atomic E-state index is 0.500. The van der Waals surface area contributed by atoms with E-state index in [0.717, 1.165) is 30.6 Å². The zero-order chi connectivity index (χ0) is 18.4. The van der Waals surface area contributed by atoms with Crippen LogP contribution in [0.4, 0.5) is 17.5 Å². The zero-order valence-corrected chi connectivity index (χ0v) is 15.4. The topological polar surface area (TPSA) is 63.8 Å². The maximum absolute atomic E-state index is 5.98. The van der Waals surface area contributed by atoms with Crippen LogP contribution in [-0.2, 0) is 12.8 Å². The average molecular weight is 346 g/mol. The molecule has 0 aliphatic carbocycles. The van der Waals surface area contributed by atoms with Crippen LogP contribution in [0.1, 0.15) is 30.2 Å². The summed E-state index contributed by atoms with van der Waals surface area (Å²) in [7, 11) is 0. The summed E-state index contributed by atoms with van der Waals surface area (Å²) in [5, 5.41) is 3.24. The lowest BCUT2D eigenvalue weighted by Gasteiger charge is -2.12. The van der Waals surface area contributed by atoms with E-state index in [9.17, 15) is 0 Å². The molecule has 4 nitrogen and oxygen atoms in total. The van der Waals surface area contributed by atoms with Crippen LogP contribution in [-0.4, -0.2) is 9.97 Å². The molecule has 1 unspecified atom stereocenters. The van der Waals surface area contributed by atoms with E-state index in [-0.39, 0.29) is 0 Å². The van der Waals surface area contributed by atoms with Gasteiger partial charge >= 0.3 is 0 Å². The van der Waals surface area contributed by atoms with Crippen LogP contribution < -0.4 is 11.1 Å². The van der Waals surface area contributed by atoms with Gasteiger partial charge in [0, 0.05) is 17.4 Å². The van der Waals surface area contributed by atoms with E-state index < -0.39 is 0 Å². The van der Waals surface area contributed by atoms with Crippen molar-refractivity contribution in [2.45, 2.75) is 33.1 Å². The molecule has 1 heterocycles. The van der Waals surface area contributed by atoms with Crippen LogP contribution in [0.5, 0.6) is 0 Å². The molecular formula is C22H26N4. The van der Waals surface area contributed by atoms with Gasteiger partial charge < -0.3 is 11.1 Å². The number of anilines is 3. The van der Waals surface area contributed by atoms with Crippen molar-refractivity contribution in [3.63, 3.8) is 0 Å². The number of hydrogen-bond donors (Lipinski definition) is 2. The molecule has 1 atom stereocenters. The molecule has 1 aromatic heterocycles. The van der Waals surface area contributed by atoms with E-state index >= 15 is 0 Å². The summed E-state index contributed by atoms with van der Waals surface area (Å²) in [5.74, 6) is 1.64. The molecule has 134 valence electrons. The second-order valence-corrected chi connectivity index (χ2v) is 6.93. The highest BCUT2D eigenvalue weighted by Crippen LogP contribution is 2.18. The third-order valence-corrected chi connectivity index (χ3v) is 4.43. The molecule has 0 saturated carbocycles. The van der Waals surface area contributed by atoms with E-state index in [0.29, 0.717) is 17.7 Å². The molecule has 0 amide bonds. The van der Waals surface area contributed by atoms with E-state index in [1.165, 1.54) is 11.1 Å². The smallest absolute Gasteiger partial charge is 0.229 e. The van der Waals surface area contributed by atoms with Crippen molar-refractivity contribution in [2.24, 2.45) is 5.92 Å². The molecular weight excluding hydrogens is 320 g/mol. The third kappa shape index (κ3) is 5.31. The summed E-state index contributed by atoms with van der Waals surface area (Å²) < 4.78 is 0. The van der Waals surface area contributed by atoms with Gasteiger partial charge in [0.1, 0.15) is 5.82 Å². The van der Waals surface area contributed by atoms with E-state index in [4.69, 9.17) is 5.73 Å². The summed E-state index contributed by atoms with van der Waals surface area (Å²) in [6, 6.07) is 20.6. The Labute approximate surface area is 155 Å². The normalized spacial score (nSPS) is 11.9. The third-order valence-electron chi connectivity index (χ3n) is 4.43. The summed E-state index contributed by atoms with van der Waals surface area (Å²) in [5.41, 5.74) is 10.5. The van der Waals surface area contributed by atoms with E-state index in [2.05, 4.69) is 71.6 Å². The van der Waals surface area contributed by atoms with Crippen LogP contribution >= 0.6 is 0 Å². The molecule has 0 fully saturated rings. The highest BCUT2D eigenvalue weighted by Gasteiger charge is 2.08. The molecule has 3 N–H and O–H groups in total. The Morgan fingerprint density at radius 2 is 1.73 bits per heavy atom. The molecule has 0 spiro atoms. The molecule has 3 rings (SSSR count). The first-order valence-corrected chi connectivity index (χ1v) is 9.09. The predicted molar refractivity (Wildman–Crippen MR) is 109 cm³/mol. The summed E-state index contributed by atoms with van der Waals surface area (Å²) in [6.45, 7) is 4.35. The molecule has 0 saturated heterocycles. The van der Waals surface area contributed by atoms with Crippen LogP contribution in [0.25, 0.3) is 0 Å². The number of nitrogen functional groups attached to an aromatic ring is 1. The lowest BCUT2D eigenvalue weighted by atomic mass is 9.96. The molecule has 0 aliphatic rings. The Kier molecular flexibility index (Phi) is 5.84. The van der Waals surface area contributed by atoms with Crippen LogP contribution in [0.2, 0.25) is 0 Å². The number of rotatable bonds is 7. The van der Waals surface area contributed by atoms with Crippen LogP contribution in [0, 0.1) is 12.8 Å². The van der Waals surface area contributed by atoms with Crippen LogP contribution in [0.3, 0.4) is 0 Å². The first kappa shape index (κ1) is 17.9. The first-order chi connectivity index (χ1) is 12.6. The van der Waals surface area contributed by atoms with E-state index in [1.54, 1.807) is 0 Å². The molecule has 0 aliphatic heterocycles. The van der Waals surface area contributed by atoms with Gasteiger partial charge in [-0.1, -0.05) is 55.0 Å². The monoisotopic (exact) mass is 346 g/mol. The van der Waals surface area contributed by atoms with Gasteiger partial charge in [-0.2, -0.15) is 4.98 Å². The van der Waals surface area contributed by atoms with Gasteiger partial charge in [-0.05, 0) is 49.8 Å².